The van der Waals surface area contributed by atoms with E-state index in [4.69, 9.17) is 4.74 Å². The third kappa shape index (κ3) is 2.91. The number of rotatable bonds is 4. The van der Waals surface area contributed by atoms with E-state index in [1.807, 2.05) is 19.1 Å². The van der Waals surface area contributed by atoms with Crippen LogP contribution in [0, 0.1) is 6.92 Å². The van der Waals surface area contributed by atoms with Gasteiger partial charge in [0.05, 0.1) is 6.61 Å². The molecule has 0 aliphatic carbocycles. The highest BCUT2D eigenvalue weighted by Gasteiger charge is 1.93. The van der Waals surface area contributed by atoms with E-state index in [9.17, 15) is 0 Å². The number of hydrogen-bond acceptors (Lipinski definition) is 2. The van der Waals surface area contributed by atoms with Gasteiger partial charge in [-0.25, -0.2) is 4.98 Å². The number of ether oxygens (including phenoxy) is 1. The first-order valence-electron chi connectivity index (χ1n) is 4.38. The predicted molar refractivity (Wildman–Crippen MR) is 49.4 cm³/mol. The summed E-state index contributed by atoms with van der Waals surface area (Å²) in [5.41, 5.74) is 1.19. The number of aromatic nitrogens is 1. The van der Waals surface area contributed by atoms with Gasteiger partial charge in [0.25, 0.3) is 0 Å². The van der Waals surface area contributed by atoms with Crippen molar-refractivity contribution < 1.29 is 4.74 Å². The van der Waals surface area contributed by atoms with Crippen LogP contribution in [-0.2, 0) is 0 Å². The highest BCUT2D eigenvalue weighted by atomic mass is 16.5. The summed E-state index contributed by atoms with van der Waals surface area (Å²) in [7, 11) is 0. The first kappa shape index (κ1) is 9.04. The molecule has 2 nitrogen and oxygen atoms in total. The van der Waals surface area contributed by atoms with Gasteiger partial charge in [-0.05, 0) is 25.0 Å². The second-order valence-corrected chi connectivity index (χ2v) is 2.87. The van der Waals surface area contributed by atoms with Gasteiger partial charge < -0.3 is 4.74 Å². The van der Waals surface area contributed by atoms with Gasteiger partial charge in [0.2, 0.25) is 5.88 Å². The van der Waals surface area contributed by atoms with Gasteiger partial charge >= 0.3 is 0 Å². The van der Waals surface area contributed by atoms with Crippen LogP contribution in [0.25, 0.3) is 0 Å². The van der Waals surface area contributed by atoms with Crippen LogP contribution in [0.4, 0.5) is 0 Å². The maximum atomic E-state index is 5.42. The summed E-state index contributed by atoms with van der Waals surface area (Å²) >= 11 is 0. The Morgan fingerprint density at radius 2 is 2.33 bits per heavy atom. The Bertz CT molecular complexity index is 235. The summed E-state index contributed by atoms with van der Waals surface area (Å²) in [5, 5.41) is 0. The minimum absolute atomic E-state index is 0.739. The van der Waals surface area contributed by atoms with Gasteiger partial charge in [0.15, 0.2) is 0 Å². The van der Waals surface area contributed by atoms with Gasteiger partial charge in [-0.2, -0.15) is 0 Å². The first-order chi connectivity index (χ1) is 5.83. The molecule has 0 atom stereocenters. The number of nitrogens with zero attached hydrogens (tertiary/aromatic N) is 1. The molecular formula is C10H15NO. The largest absolute Gasteiger partial charge is 0.478 e. The maximum Gasteiger partial charge on any atom is 0.213 e. The highest BCUT2D eigenvalue weighted by Crippen LogP contribution is 2.08. The van der Waals surface area contributed by atoms with Crippen molar-refractivity contribution in [3.63, 3.8) is 0 Å². The predicted octanol–water partition coefficient (Wildman–Crippen LogP) is 2.57. The SMILES string of the molecule is CCCCOc1cc(C)ccn1. The highest BCUT2D eigenvalue weighted by molar-refractivity contribution is 5.18. The summed E-state index contributed by atoms with van der Waals surface area (Å²) in [6, 6.07) is 3.92. The van der Waals surface area contributed by atoms with Crippen molar-refractivity contribution in [3.8, 4) is 5.88 Å². The molecule has 1 aromatic heterocycles. The number of hydrogen-bond donors (Lipinski definition) is 0. The number of pyridine rings is 1. The van der Waals surface area contributed by atoms with Crippen LogP contribution in [0.5, 0.6) is 5.88 Å². The average molecular weight is 165 g/mol. The van der Waals surface area contributed by atoms with Gasteiger partial charge in [-0.3, -0.25) is 0 Å². The molecule has 0 aliphatic rings. The molecule has 0 radical (unpaired) electrons. The van der Waals surface area contributed by atoms with Crippen LogP contribution in [0.3, 0.4) is 0 Å². The Morgan fingerprint density at radius 1 is 1.50 bits per heavy atom. The molecule has 0 saturated carbocycles. The van der Waals surface area contributed by atoms with Crippen LogP contribution in [0.1, 0.15) is 25.3 Å². The normalized spacial score (nSPS) is 9.83. The van der Waals surface area contributed by atoms with Gasteiger partial charge in [-0.15, -0.1) is 0 Å². The molecule has 0 aliphatic heterocycles. The molecule has 1 heterocycles. The Labute approximate surface area is 73.6 Å². The monoisotopic (exact) mass is 165 g/mol. The van der Waals surface area contributed by atoms with Crippen molar-refractivity contribution >= 4 is 0 Å². The second kappa shape index (κ2) is 4.75. The molecule has 66 valence electrons. The van der Waals surface area contributed by atoms with Crippen LogP contribution in [0.2, 0.25) is 0 Å². The standard InChI is InChI=1S/C10H15NO/c1-3-4-7-12-10-8-9(2)5-6-11-10/h5-6,8H,3-4,7H2,1-2H3. The van der Waals surface area contributed by atoms with E-state index >= 15 is 0 Å². The molecule has 0 bridgehead atoms. The van der Waals surface area contributed by atoms with Crippen molar-refractivity contribution in [2.24, 2.45) is 0 Å². The molecule has 0 spiro atoms. The van der Waals surface area contributed by atoms with E-state index in [-0.39, 0.29) is 0 Å². The molecular weight excluding hydrogens is 150 g/mol. The lowest BCUT2D eigenvalue weighted by Crippen LogP contribution is -1.98. The van der Waals surface area contributed by atoms with Crippen molar-refractivity contribution in [1.82, 2.24) is 4.98 Å². The lowest BCUT2D eigenvalue weighted by molar-refractivity contribution is 0.297. The smallest absolute Gasteiger partial charge is 0.213 e. The average Bonchev–Trinajstić information content (AvgIpc) is 2.05. The van der Waals surface area contributed by atoms with E-state index in [0.717, 1.165) is 25.3 Å². The van der Waals surface area contributed by atoms with Gasteiger partial charge in [0, 0.05) is 12.3 Å². The molecule has 2 heteroatoms. The lowest BCUT2D eigenvalue weighted by atomic mass is 10.3. The third-order valence-corrected chi connectivity index (χ3v) is 1.64. The summed E-state index contributed by atoms with van der Waals surface area (Å²) in [4.78, 5) is 4.09. The quantitative estimate of drug-likeness (QED) is 0.640. The third-order valence-electron chi connectivity index (χ3n) is 1.64. The Morgan fingerprint density at radius 3 is 3.00 bits per heavy atom. The van der Waals surface area contributed by atoms with Crippen molar-refractivity contribution in [2.45, 2.75) is 26.7 Å². The zero-order chi connectivity index (χ0) is 8.81. The van der Waals surface area contributed by atoms with Gasteiger partial charge in [-0.1, -0.05) is 13.3 Å². The molecule has 0 N–H and O–H groups in total. The summed E-state index contributed by atoms with van der Waals surface area (Å²) in [6.45, 7) is 4.95. The maximum absolute atomic E-state index is 5.42. The molecule has 0 amide bonds. The fraction of sp³-hybridized carbons (Fsp3) is 0.500. The number of aryl methyl sites for hydroxylation is 1. The van der Waals surface area contributed by atoms with E-state index in [1.165, 1.54) is 5.56 Å². The van der Waals surface area contributed by atoms with Crippen LogP contribution in [0.15, 0.2) is 18.3 Å². The molecule has 1 rings (SSSR count). The minimum Gasteiger partial charge on any atom is -0.478 e. The fourth-order valence-corrected chi connectivity index (χ4v) is 0.908. The van der Waals surface area contributed by atoms with Crippen LogP contribution in [-0.4, -0.2) is 11.6 Å². The minimum atomic E-state index is 0.739. The summed E-state index contributed by atoms with van der Waals surface area (Å²) in [5.74, 6) is 0.739. The fourth-order valence-electron chi connectivity index (χ4n) is 0.908. The Hall–Kier alpha value is -1.05. The Balaban J connectivity index is 2.41. The van der Waals surface area contributed by atoms with Crippen molar-refractivity contribution in [2.75, 3.05) is 6.61 Å². The van der Waals surface area contributed by atoms with E-state index in [0.29, 0.717) is 0 Å². The molecule has 0 aromatic carbocycles. The van der Waals surface area contributed by atoms with Crippen molar-refractivity contribution in [3.05, 3.63) is 23.9 Å². The van der Waals surface area contributed by atoms with E-state index in [1.54, 1.807) is 6.20 Å². The summed E-state index contributed by atoms with van der Waals surface area (Å²) < 4.78 is 5.42. The molecule has 12 heavy (non-hydrogen) atoms. The summed E-state index contributed by atoms with van der Waals surface area (Å²) in [6.07, 6.45) is 4.03. The topological polar surface area (TPSA) is 22.1 Å². The number of unbranched alkanes of at least 4 members (excludes halogenated alkanes) is 1. The molecule has 0 unspecified atom stereocenters. The molecule has 0 saturated heterocycles. The second-order valence-electron chi connectivity index (χ2n) is 2.87. The van der Waals surface area contributed by atoms with Crippen LogP contribution >= 0.6 is 0 Å². The van der Waals surface area contributed by atoms with Crippen molar-refractivity contribution in [1.29, 1.82) is 0 Å². The zero-order valence-corrected chi connectivity index (χ0v) is 7.71. The molecule has 0 fully saturated rings. The zero-order valence-electron chi connectivity index (χ0n) is 7.71. The Kier molecular flexibility index (Phi) is 3.58. The first-order valence-corrected chi connectivity index (χ1v) is 4.38. The molecule has 1 aromatic rings. The van der Waals surface area contributed by atoms with E-state index in [2.05, 4.69) is 11.9 Å². The lowest BCUT2D eigenvalue weighted by Gasteiger charge is -2.03. The van der Waals surface area contributed by atoms with E-state index < -0.39 is 0 Å². The van der Waals surface area contributed by atoms with Crippen LogP contribution < -0.4 is 4.74 Å². The van der Waals surface area contributed by atoms with Gasteiger partial charge in [0.1, 0.15) is 0 Å².